The predicted molar refractivity (Wildman–Crippen MR) is 193 cm³/mol. The SMILES string of the molecule is C=C(C)C.CC(C)(C)C.CC(C)C.CC1(C)CCCC1.CC1(C)CCCCC1.CCC.CCC1(C)CCCCC1. The standard InChI is InChI=1S/C9H18.C8H16.C7H14.C5H12.C4H10.C4H8.C3H8/c1-3-9(2)7-5-4-6-8-9;1-8(2)6-4-3-5-7-8;1-7(2)5-3-4-6-7;1-5(2,3)4;2*1-4(2)3;1-3-2/h3-8H2,1-2H3;3-7H2,1-2H3;3-6H2,1-2H3;1-4H3;4H,1-3H3;1H2,2-3H3;3H2,1-2H3. The fraction of sp³-hybridized carbons (Fsp3) is 0.950. The van der Waals surface area contributed by atoms with Crippen LogP contribution < -0.4 is 0 Å². The van der Waals surface area contributed by atoms with E-state index in [1.165, 1.54) is 108 Å². The third-order valence-electron chi connectivity index (χ3n) is 7.08. The molecule has 3 fully saturated rings. The highest BCUT2D eigenvalue weighted by molar-refractivity contribution is 4.79. The van der Waals surface area contributed by atoms with Crippen molar-refractivity contribution in [1.82, 2.24) is 0 Å². The lowest BCUT2D eigenvalue weighted by atomic mass is 9.74. The molecule has 246 valence electrons. The maximum Gasteiger partial charge on any atom is -0.0328 e. The van der Waals surface area contributed by atoms with E-state index in [1.807, 2.05) is 13.8 Å². The predicted octanol–water partition coefficient (Wildman–Crippen LogP) is 15.6. The Labute approximate surface area is 259 Å². The van der Waals surface area contributed by atoms with Gasteiger partial charge < -0.3 is 0 Å². The molecule has 0 nitrogen and oxygen atoms in total. The number of hydrogen-bond donors (Lipinski definition) is 0. The lowest BCUT2D eigenvalue weighted by Crippen LogP contribution is -2.18. The Morgan fingerprint density at radius 1 is 0.575 bits per heavy atom. The summed E-state index contributed by atoms with van der Waals surface area (Å²) in [7, 11) is 0. The first-order chi connectivity index (χ1) is 18.1. The van der Waals surface area contributed by atoms with Crippen LogP contribution in [0.15, 0.2) is 12.2 Å². The molecule has 0 aromatic rings. The van der Waals surface area contributed by atoms with Crippen molar-refractivity contribution in [3.05, 3.63) is 12.2 Å². The Morgan fingerprint density at radius 2 is 0.750 bits per heavy atom. The zero-order valence-corrected chi connectivity index (χ0v) is 32.1. The van der Waals surface area contributed by atoms with E-state index < -0.39 is 0 Å². The molecule has 0 amide bonds. The van der Waals surface area contributed by atoms with Crippen LogP contribution in [0, 0.1) is 27.6 Å². The van der Waals surface area contributed by atoms with Crippen molar-refractivity contribution in [2.75, 3.05) is 0 Å². The van der Waals surface area contributed by atoms with Gasteiger partial charge in [-0.05, 0) is 80.0 Å². The number of rotatable bonds is 1. The van der Waals surface area contributed by atoms with Crippen LogP contribution >= 0.6 is 0 Å². The average Bonchev–Trinajstić information content (AvgIpc) is 3.18. The first kappa shape index (κ1) is 46.7. The fourth-order valence-electron chi connectivity index (χ4n) is 4.60. The van der Waals surface area contributed by atoms with Gasteiger partial charge in [-0.15, -0.1) is 6.58 Å². The van der Waals surface area contributed by atoms with Crippen molar-refractivity contribution in [1.29, 1.82) is 0 Å². The van der Waals surface area contributed by atoms with Crippen molar-refractivity contribution in [2.24, 2.45) is 27.6 Å². The minimum atomic E-state index is 0.500. The molecule has 0 heteroatoms. The molecule has 3 aliphatic rings. The molecule has 0 N–H and O–H groups in total. The second-order valence-corrected chi connectivity index (χ2v) is 17.5. The van der Waals surface area contributed by atoms with Gasteiger partial charge in [0.05, 0.1) is 0 Å². The van der Waals surface area contributed by atoms with Crippen LogP contribution in [-0.4, -0.2) is 0 Å². The van der Waals surface area contributed by atoms with Gasteiger partial charge in [0.15, 0.2) is 0 Å². The third kappa shape index (κ3) is 50.6. The molecule has 40 heavy (non-hydrogen) atoms. The summed E-state index contributed by atoms with van der Waals surface area (Å²) in [4.78, 5) is 0. The molecule has 3 saturated carbocycles. The summed E-state index contributed by atoms with van der Waals surface area (Å²) < 4.78 is 0. The second-order valence-electron chi connectivity index (χ2n) is 17.5. The van der Waals surface area contributed by atoms with Gasteiger partial charge in [-0.1, -0.05) is 174 Å². The molecule has 0 aliphatic heterocycles. The number of allylic oxidation sites excluding steroid dienone is 1. The first-order valence-corrected chi connectivity index (χ1v) is 17.7. The van der Waals surface area contributed by atoms with Gasteiger partial charge in [0.1, 0.15) is 0 Å². The molecule has 0 aromatic heterocycles. The highest BCUT2D eigenvalue weighted by Crippen LogP contribution is 2.38. The zero-order valence-electron chi connectivity index (χ0n) is 32.1. The summed E-state index contributed by atoms with van der Waals surface area (Å²) in [5.41, 5.74) is 3.76. The molecular formula is C40H86. The fourth-order valence-corrected chi connectivity index (χ4v) is 4.60. The highest BCUT2D eigenvalue weighted by Gasteiger charge is 2.24. The van der Waals surface area contributed by atoms with E-state index in [9.17, 15) is 0 Å². The smallest absolute Gasteiger partial charge is 0.0328 e. The van der Waals surface area contributed by atoms with E-state index in [2.05, 4.69) is 110 Å². The van der Waals surface area contributed by atoms with Gasteiger partial charge in [-0.25, -0.2) is 0 Å². The van der Waals surface area contributed by atoms with Crippen LogP contribution in [0.5, 0.6) is 0 Å². The summed E-state index contributed by atoms with van der Waals surface area (Å²) in [5, 5.41) is 0. The van der Waals surface area contributed by atoms with E-state index >= 15 is 0 Å². The molecule has 0 spiro atoms. The minimum Gasteiger partial charge on any atom is -0.100 e. The Bertz CT molecular complexity index is 490. The summed E-state index contributed by atoms with van der Waals surface area (Å²) in [6.07, 6.45) is 23.2. The Kier molecular flexibility index (Phi) is 30.8. The summed E-state index contributed by atoms with van der Waals surface area (Å²) >= 11 is 0. The lowest BCUT2D eigenvalue weighted by molar-refractivity contribution is 0.208. The minimum absolute atomic E-state index is 0.500. The zero-order chi connectivity index (χ0) is 32.5. The monoisotopic (exact) mass is 567 g/mol. The van der Waals surface area contributed by atoms with Crippen molar-refractivity contribution in [3.63, 3.8) is 0 Å². The molecule has 0 radical (unpaired) electrons. The highest BCUT2D eigenvalue weighted by atomic mass is 14.3. The van der Waals surface area contributed by atoms with Crippen LogP contribution in [-0.2, 0) is 0 Å². The van der Waals surface area contributed by atoms with Crippen LogP contribution in [0.25, 0.3) is 0 Å². The van der Waals surface area contributed by atoms with Crippen molar-refractivity contribution in [2.45, 2.75) is 220 Å². The van der Waals surface area contributed by atoms with E-state index in [1.54, 1.807) is 0 Å². The van der Waals surface area contributed by atoms with Crippen LogP contribution in [0.3, 0.4) is 0 Å². The van der Waals surface area contributed by atoms with Crippen LogP contribution in [0.4, 0.5) is 0 Å². The molecule has 0 unspecified atom stereocenters. The number of hydrogen-bond acceptors (Lipinski definition) is 0. The summed E-state index contributed by atoms with van der Waals surface area (Å²) in [6, 6.07) is 0. The van der Waals surface area contributed by atoms with E-state index in [0.29, 0.717) is 16.2 Å². The Balaban J connectivity index is -0.000000196. The second kappa shape index (κ2) is 26.4. The summed E-state index contributed by atoms with van der Waals surface area (Å²) in [6.45, 7) is 41.2. The topological polar surface area (TPSA) is 0 Å². The molecule has 0 atom stereocenters. The van der Waals surface area contributed by atoms with Crippen molar-refractivity contribution >= 4 is 0 Å². The maximum atomic E-state index is 3.56. The first-order valence-electron chi connectivity index (χ1n) is 17.7. The Hall–Kier alpha value is -0.260. The lowest BCUT2D eigenvalue weighted by Gasteiger charge is -2.32. The molecule has 3 rings (SSSR count). The van der Waals surface area contributed by atoms with E-state index in [-0.39, 0.29) is 0 Å². The normalized spacial score (nSPS) is 19.9. The molecule has 3 aliphatic carbocycles. The van der Waals surface area contributed by atoms with Gasteiger partial charge in [-0.3, -0.25) is 0 Å². The van der Waals surface area contributed by atoms with Gasteiger partial charge in [0.2, 0.25) is 0 Å². The molecule has 0 bridgehead atoms. The quantitative estimate of drug-likeness (QED) is 0.277. The average molecular weight is 567 g/mol. The molecule has 0 saturated heterocycles. The van der Waals surface area contributed by atoms with Gasteiger partial charge in [0.25, 0.3) is 0 Å². The van der Waals surface area contributed by atoms with Crippen molar-refractivity contribution in [3.8, 4) is 0 Å². The maximum absolute atomic E-state index is 3.56. The van der Waals surface area contributed by atoms with E-state index in [0.717, 1.165) is 11.3 Å². The van der Waals surface area contributed by atoms with Crippen LogP contribution in [0.1, 0.15) is 220 Å². The third-order valence-corrected chi connectivity index (χ3v) is 7.08. The van der Waals surface area contributed by atoms with Crippen LogP contribution in [0.2, 0.25) is 0 Å². The molecule has 0 aromatic carbocycles. The Morgan fingerprint density at radius 3 is 0.850 bits per heavy atom. The van der Waals surface area contributed by atoms with Gasteiger partial charge in [0, 0.05) is 0 Å². The van der Waals surface area contributed by atoms with Gasteiger partial charge in [-0.2, -0.15) is 0 Å². The van der Waals surface area contributed by atoms with E-state index in [4.69, 9.17) is 0 Å². The van der Waals surface area contributed by atoms with Gasteiger partial charge >= 0.3 is 0 Å². The molecular weight excluding hydrogens is 480 g/mol. The summed E-state index contributed by atoms with van der Waals surface area (Å²) in [5.74, 6) is 0.833. The largest absolute Gasteiger partial charge is 0.100 e. The molecule has 0 heterocycles. The van der Waals surface area contributed by atoms with Crippen molar-refractivity contribution < 1.29 is 0 Å².